The van der Waals surface area contributed by atoms with Crippen LogP contribution in [0, 0.1) is 18.3 Å². The number of nitriles is 1. The van der Waals surface area contributed by atoms with Gasteiger partial charge < -0.3 is 10.1 Å². The van der Waals surface area contributed by atoms with Crippen LogP contribution in [0.2, 0.25) is 0 Å². The van der Waals surface area contributed by atoms with Crippen LogP contribution in [0.4, 0.5) is 5.69 Å². The first-order chi connectivity index (χ1) is 8.17. The van der Waals surface area contributed by atoms with E-state index in [2.05, 4.69) is 18.3 Å². The van der Waals surface area contributed by atoms with E-state index in [4.69, 9.17) is 4.74 Å². The molecule has 0 unspecified atom stereocenters. The Morgan fingerprint density at radius 1 is 1.41 bits per heavy atom. The zero-order chi connectivity index (χ0) is 12.3. The van der Waals surface area contributed by atoms with E-state index in [1.54, 1.807) is 0 Å². The van der Waals surface area contributed by atoms with Crippen molar-refractivity contribution in [3.8, 4) is 6.07 Å². The molecule has 17 heavy (non-hydrogen) atoms. The molecule has 90 valence electrons. The molecule has 0 saturated heterocycles. The summed E-state index contributed by atoms with van der Waals surface area (Å²) < 4.78 is 5.50. The second kappa shape index (κ2) is 4.77. The highest BCUT2D eigenvalue weighted by Gasteiger charge is 2.45. The van der Waals surface area contributed by atoms with Gasteiger partial charge in [0, 0.05) is 25.1 Å². The lowest BCUT2D eigenvalue weighted by Gasteiger charge is -2.43. The fourth-order valence-corrected chi connectivity index (χ4v) is 2.21. The molecule has 0 radical (unpaired) electrons. The van der Waals surface area contributed by atoms with Crippen LogP contribution >= 0.6 is 0 Å². The number of nitrogens with one attached hydrogen (secondary N) is 1. The van der Waals surface area contributed by atoms with Crippen molar-refractivity contribution in [2.24, 2.45) is 0 Å². The van der Waals surface area contributed by atoms with Crippen LogP contribution < -0.4 is 5.32 Å². The Morgan fingerprint density at radius 3 is 2.59 bits per heavy atom. The Labute approximate surface area is 102 Å². The maximum absolute atomic E-state index is 9.27. The third-order valence-electron chi connectivity index (χ3n) is 3.20. The Kier molecular flexibility index (Phi) is 3.35. The van der Waals surface area contributed by atoms with Crippen molar-refractivity contribution < 1.29 is 4.74 Å². The second-order valence-electron chi connectivity index (χ2n) is 4.67. The van der Waals surface area contributed by atoms with Crippen LogP contribution in [0.5, 0.6) is 0 Å². The van der Waals surface area contributed by atoms with Crippen LogP contribution in [0.25, 0.3) is 0 Å². The van der Waals surface area contributed by atoms with E-state index in [-0.39, 0.29) is 6.10 Å². The molecule has 1 aliphatic rings. The fourth-order valence-electron chi connectivity index (χ4n) is 2.21. The van der Waals surface area contributed by atoms with Gasteiger partial charge in [-0.15, -0.1) is 0 Å². The van der Waals surface area contributed by atoms with E-state index >= 15 is 0 Å². The zero-order valence-corrected chi connectivity index (χ0v) is 10.4. The average molecular weight is 230 g/mol. The van der Waals surface area contributed by atoms with Crippen molar-refractivity contribution >= 4 is 5.69 Å². The minimum absolute atomic E-state index is 0.234. The standard InChI is InChI=1S/C14H18N2O/c1-3-17-13-8-14(9-13,10-15)16-12-6-4-11(2)5-7-12/h4-7,13,16H,3,8-9H2,1-2H3. The van der Waals surface area contributed by atoms with Gasteiger partial charge in [-0.2, -0.15) is 5.26 Å². The van der Waals surface area contributed by atoms with Crippen molar-refractivity contribution in [1.29, 1.82) is 5.26 Å². The molecule has 0 spiro atoms. The largest absolute Gasteiger partial charge is 0.378 e. The average Bonchev–Trinajstić information content (AvgIpc) is 2.29. The van der Waals surface area contributed by atoms with Crippen LogP contribution in [-0.2, 0) is 4.74 Å². The number of hydrogen-bond donors (Lipinski definition) is 1. The molecular formula is C14H18N2O. The number of benzene rings is 1. The van der Waals surface area contributed by atoms with E-state index < -0.39 is 5.54 Å². The SMILES string of the molecule is CCOC1CC(C#N)(Nc2ccc(C)cc2)C1. The predicted molar refractivity (Wildman–Crippen MR) is 67.8 cm³/mol. The molecule has 2 rings (SSSR count). The summed E-state index contributed by atoms with van der Waals surface area (Å²) in [6, 6.07) is 10.5. The highest BCUT2D eigenvalue weighted by atomic mass is 16.5. The van der Waals surface area contributed by atoms with Gasteiger partial charge in [0.05, 0.1) is 12.2 Å². The highest BCUT2D eigenvalue weighted by Crippen LogP contribution is 2.37. The van der Waals surface area contributed by atoms with E-state index in [1.165, 1.54) is 5.56 Å². The van der Waals surface area contributed by atoms with Gasteiger partial charge in [0.2, 0.25) is 0 Å². The minimum atomic E-state index is -0.435. The Balaban J connectivity index is 1.98. The quantitative estimate of drug-likeness (QED) is 0.865. The normalized spacial score (nSPS) is 27.0. The predicted octanol–water partition coefficient (Wildman–Crippen LogP) is 2.87. The molecule has 3 nitrogen and oxygen atoms in total. The molecular weight excluding hydrogens is 212 g/mol. The Hall–Kier alpha value is -1.53. The van der Waals surface area contributed by atoms with Gasteiger partial charge in [0.15, 0.2) is 0 Å². The third-order valence-corrected chi connectivity index (χ3v) is 3.20. The molecule has 1 aromatic rings. The van der Waals surface area contributed by atoms with Gasteiger partial charge in [-0.25, -0.2) is 0 Å². The molecule has 1 saturated carbocycles. The van der Waals surface area contributed by atoms with E-state index in [0.717, 1.165) is 25.1 Å². The summed E-state index contributed by atoms with van der Waals surface area (Å²) in [6.07, 6.45) is 1.77. The summed E-state index contributed by atoms with van der Waals surface area (Å²) in [4.78, 5) is 0. The number of rotatable bonds is 4. The van der Waals surface area contributed by atoms with Crippen LogP contribution in [0.15, 0.2) is 24.3 Å². The topological polar surface area (TPSA) is 45.0 Å². The zero-order valence-electron chi connectivity index (χ0n) is 10.4. The maximum atomic E-state index is 9.27. The Bertz CT molecular complexity index is 413. The maximum Gasteiger partial charge on any atom is 0.130 e. The molecule has 1 aromatic carbocycles. The lowest BCUT2D eigenvalue weighted by molar-refractivity contribution is -0.0141. The summed E-state index contributed by atoms with van der Waals surface area (Å²) in [6.45, 7) is 4.76. The first-order valence-corrected chi connectivity index (χ1v) is 6.05. The fraction of sp³-hybridized carbons (Fsp3) is 0.500. The summed E-state index contributed by atoms with van der Waals surface area (Å²) in [5.74, 6) is 0. The summed E-state index contributed by atoms with van der Waals surface area (Å²) in [5, 5.41) is 12.6. The van der Waals surface area contributed by atoms with Crippen LogP contribution in [0.1, 0.15) is 25.3 Å². The van der Waals surface area contributed by atoms with Crippen molar-refractivity contribution in [2.75, 3.05) is 11.9 Å². The smallest absolute Gasteiger partial charge is 0.130 e. The van der Waals surface area contributed by atoms with Gasteiger partial charge in [-0.05, 0) is 26.0 Å². The van der Waals surface area contributed by atoms with Crippen molar-refractivity contribution in [2.45, 2.75) is 38.3 Å². The van der Waals surface area contributed by atoms with E-state index in [0.29, 0.717) is 0 Å². The summed E-state index contributed by atoms with van der Waals surface area (Å²) >= 11 is 0. The molecule has 0 aromatic heterocycles. The van der Waals surface area contributed by atoms with E-state index in [9.17, 15) is 5.26 Å². The molecule has 0 amide bonds. The van der Waals surface area contributed by atoms with Gasteiger partial charge in [0.1, 0.15) is 5.54 Å². The van der Waals surface area contributed by atoms with Gasteiger partial charge in [-0.3, -0.25) is 0 Å². The first-order valence-electron chi connectivity index (χ1n) is 6.05. The van der Waals surface area contributed by atoms with Gasteiger partial charge in [-0.1, -0.05) is 17.7 Å². The third kappa shape index (κ3) is 2.59. The molecule has 1 aliphatic carbocycles. The molecule has 1 fully saturated rings. The molecule has 0 heterocycles. The molecule has 0 atom stereocenters. The lowest BCUT2D eigenvalue weighted by Crippen LogP contribution is -2.53. The van der Waals surface area contributed by atoms with Crippen molar-refractivity contribution in [3.63, 3.8) is 0 Å². The van der Waals surface area contributed by atoms with Crippen molar-refractivity contribution in [3.05, 3.63) is 29.8 Å². The summed E-state index contributed by atoms with van der Waals surface area (Å²) in [5.41, 5.74) is 1.80. The van der Waals surface area contributed by atoms with Gasteiger partial charge in [0.25, 0.3) is 0 Å². The Morgan fingerprint density at radius 2 is 2.06 bits per heavy atom. The molecule has 3 heteroatoms. The van der Waals surface area contributed by atoms with Crippen LogP contribution in [-0.4, -0.2) is 18.2 Å². The minimum Gasteiger partial charge on any atom is -0.378 e. The van der Waals surface area contributed by atoms with E-state index in [1.807, 2.05) is 31.2 Å². The second-order valence-corrected chi connectivity index (χ2v) is 4.67. The number of nitrogens with zero attached hydrogens (tertiary/aromatic N) is 1. The highest BCUT2D eigenvalue weighted by molar-refractivity contribution is 5.50. The number of ether oxygens (including phenoxy) is 1. The van der Waals surface area contributed by atoms with Crippen molar-refractivity contribution in [1.82, 2.24) is 0 Å². The molecule has 0 aliphatic heterocycles. The number of anilines is 1. The van der Waals surface area contributed by atoms with Crippen LogP contribution in [0.3, 0.4) is 0 Å². The molecule has 0 bridgehead atoms. The number of aryl methyl sites for hydroxylation is 1. The lowest BCUT2D eigenvalue weighted by atomic mass is 9.75. The monoisotopic (exact) mass is 230 g/mol. The number of hydrogen-bond acceptors (Lipinski definition) is 3. The first kappa shape index (κ1) is 11.9. The summed E-state index contributed by atoms with van der Waals surface area (Å²) in [7, 11) is 0. The van der Waals surface area contributed by atoms with Gasteiger partial charge >= 0.3 is 0 Å². The molecule has 1 N–H and O–H groups in total.